The zero-order valence-corrected chi connectivity index (χ0v) is 27.0. The normalized spacial score (nSPS) is 46.6. The molecule has 0 spiro atoms. The van der Waals surface area contributed by atoms with Crippen LogP contribution in [0.2, 0.25) is 24.2 Å². The highest BCUT2D eigenvalue weighted by molar-refractivity contribution is 6.80. The molecular formula is C34H64Si. The lowest BCUT2D eigenvalue weighted by Crippen LogP contribution is -2.49. The van der Waals surface area contributed by atoms with Crippen molar-refractivity contribution in [1.82, 2.24) is 0 Å². The van der Waals surface area contributed by atoms with Gasteiger partial charge in [-0.3, -0.25) is 0 Å². The monoisotopic (exact) mass is 500 g/mol. The van der Waals surface area contributed by atoms with Gasteiger partial charge in [0.1, 0.15) is 0 Å². The van der Waals surface area contributed by atoms with Gasteiger partial charge in [-0.15, -0.1) is 0 Å². The maximum Gasteiger partial charge on any atom is 0.0546 e. The van der Waals surface area contributed by atoms with E-state index in [0.717, 1.165) is 93.9 Å². The predicted octanol–water partition coefficient (Wildman–Crippen LogP) is 10.7. The van der Waals surface area contributed by atoms with Crippen LogP contribution in [0.5, 0.6) is 0 Å². The Morgan fingerprint density at radius 3 is 1.09 bits per heavy atom. The summed E-state index contributed by atoms with van der Waals surface area (Å²) in [6, 6.07) is 0. The molecule has 0 nitrogen and oxygen atoms in total. The summed E-state index contributed by atoms with van der Waals surface area (Å²) in [7, 11) is -1.44. The summed E-state index contributed by atoms with van der Waals surface area (Å²) < 4.78 is 0. The molecule has 0 aromatic heterocycles. The lowest BCUT2D eigenvalue weighted by molar-refractivity contribution is 0.0689. The molecule has 0 N–H and O–H groups in total. The van der Waals surface area contributed by atoms with Crippen LogP contribution in [0.4, 0.5) is 0 Å². The Morgan fingerprint density at radius 2 is 0.800 bits per heavy atom. The molecule has 0 bridgehead atoms. The second-order valence-corrected chi connectivity index (χ2v) is 21.7. The van der Waals surface area contributed by atoms with E-state index in [2.05, 4.69) is 82.3 Å². The van der Waals surface area contributed by atoms with Crippen LogP contribution in [0.1, 0.15) is 108 Å². The number of rotatable bonds is 6. The molecular weight excluding hydrogens is 436 g/mol. The topological polar surface area (TPSA) is 0 Å². The Kier molecular flexibility index (Phi) is 8.40. The van der Waals surface area contributed by atoms with Crippen molar-refractivity contribution in [3.05, 3.63) is 0 Å². The largest absolute Gasteiger partial charge is 0.0689 e. The minimum atomic E-state index is -1.44. The lowest BCUT2D eigenvalue weighted by atomic mass is 9.63. The molecule has 4 saturated carbocycles. The number of fused-ring (bicyclic) bond motifs is 2. The van der Waals surface area contributed by atoms with E-state index in [-0.39, 0.29) is 0 Å². The second kappa shape index (κ2) is 10.4. The molecule has 204 valence electrons. The van der Waals surface area contributed by atoms with Crippen LogP contribution in [0, 0.1) is 82.9 Å². The van der Waals surface area contributed by atoms with Gasteiger partial charge >= 0.3 is 0 Å². The van der Waals surface area contributed by atoms with E-state index < -0.39 is 8.07 Å². The fraction of sp³-hybridized carbons (Fsp3) is 1.00. The molecule has 0 heterocycles. The van der Waals surface area contributed by atoms with Crippen LogP contribution in [-0.2, 0) is 0 Å². The quantitative estimate of drug-likeness (QED) is 0.318. The minimum Gasteiger partial charge on any atom is -0.0689 e. The van der Waals surface area contributed by atoms with Gasteiger partial charge in [-0.2, -0.15) is 0 Å². The van der Waals surface area contributed by atoms with Gasteiger partial charge in [0.25, 0.3) is 0 Å². The smallest absolute Gasteiger partial charge is 0.0546 e. The van der Waals surface area contributed by atoms with Crippen LogP contribution >= 0.6 is 0 Å². The van der Waals surface area contributed by atoms with Crippen molar-refractivity contribution < 1.29 is 0 Å². The van der Waals surface area contributed by atoms with Gasteiger partial charge in [-0.25, -0.2) is 0 Å². The Labute approximate surface area is 222 Å². The van der Waals surface area contributed by atoms with E-state index in [4.69, 9.17) is 0 Å². The molecule has 0 saturated heterocycles. The molecule has 4 fully saturated rings. The van der Waals surface area contributed by atoms with Gasteiger partial charge in [0.15, 0.2) is 0 Å². The SMILES string of the molecule is CC(C)C1CC(C(C)C)C2CC(C)C([Si](C)(C)C3C(C)CC4C(C(C)C)CC(C(C)C)CC43)C2C1. The first-order chi connectivity index (χ1) is 16.2. The van der Waals surface area contributed by atoms with Crippen LogP contribution in [0.15, 0.2) is 0 Å². The summed E-state index contributed by atoms with van der Waals surface area (Å²) in [5, 5.41) is 0. The van der Waals surface area contributed by atoms with E-state index in [1.807, 2.05) is 0 Å². The van der Waals surface area contributed by atoms with Crippen molar-refractivity contribution in [3.63, 3.8) is 0 Å². The first kappa shape index (κ1) is 28.2. The Bertz CT molecular complexity index is 645. The van der Waals surface area contributed by atoms with Crippen molar-refractivity contribution >= 4 is 8.07 Å². The van der Waals surface area contributed by atoms with E-state index in [0.29, 0.717) is 0 Å². The van der Waals surface area contributed by atoms with Crippen molar-refractivity contribution in [2.75, 3.05) is 0 Å². The summed E-state index contributed by atoms with van der Waals surface area (Å²) in [5.74, 6) is 13.5. The van der Waals surface area contributed by atoms with Crippen LogP contribution in [-0.4, -0.2) is 8.07 Å². The Morgan fingerprint density at radius 1 is 0.457 bits per heavy atom. The van der Waals surface area contributed by atoms with E-state index in [9.17, 15) is 0 Å². The maximum atomic E-state index is 2.92. The molecule has 0 aromatic rings. The third-order valence-corrected chi connectivity index (χ3v) is 18.7. The highest BCUT2D eigenvalue weighted by Gasteiger charge is 2.61. The fourth-order valence-electron chi connectivity index (χ4n) is 11.9. The van der Waals surface area contributed by atoms with Gasteiger partial charge in [0.2, 0.25) is 0 Å². The van der Waals surface area contributed by atoms with Crippen molar-refractivity contribution in [3.8, 4) is 0 Å². The average molecular weight is 501 g/mol. The van der Waals surface area contributed by atoms with Crippen LogP contribution in [0.25, 0.3) is 0 Å². The molecule has 4 aliphatic rings. The molecule has 4 rings (SSSR count). The third-order valence-electron chi connectivity index (χ3n) is 13.3. The zero-order chi connectivity index (χ0) is 26.0. The molecule has 0 aliphatic heterocycles. The summed E-state index contributed by atoms with van der Waals surface area (Å²) in [6.45, 7) is 31.6. The van der Waals surface area contributed by atoms with E-state index >= 15 is 0 Å². The summed E-state index contributed by atoms with van der Waals surface area (Å²) in [6.07, 6.45) is 9.28. The van der Waals surface area contributed by atoms with Gasteiger partial charge in [-0.1, -0.05) is 82.3 Å². The van der Waals surface area contributed by atoms with E-state index in [1.165, 1.54) is 12.8 Å². The highest BCUT2D eigenvalue weighted by atomic mass is 28.3. The molecule has 35 heavy (non-hydrogen) atoms. The van der Waals surface area contributed by atoms with Crippen molar-refractivity contribution in [1.29, 1.82) is 0 Å². The van der Waals surface area contributed by atoms with Gasteiger partial charge in [0, 0.05) is 0 Å². The molecule has 1 heteroatoms. The lowest BCUT2D eigenvalue weighted by Gasteiger charge is -2.52. The summed E-state index contributed by atoms with van der Waals surface area (Å²) >= 11 is 0. The summed E-state index contributed by atoms with van der Waals surface area (Å²) in [5.41, 5.74) is 2.14. The maximum absolute atomic E-state index is 2.92. The Hall–Kier alpha value is 0.217. The molecule has 12 unspecified atom stereocenters. The number of hydrogen-bond donors (Lipinski definition) is 0. The molecule has 4 aliphatic carbocycles. The first-order valence-corrected chi connectivity index (χ1v) is 19.4. The predicted molar refractivity (Wildman–Crippen MR) is 158 cm³/mol. The first-order valence-electron chi connectivity index (χ1n) is 16.2. The van der Waals surface area contributed by atoms with E-state index in [1.54, 1.807) is 25.7 Å². The Balaban J connectivity index is 1.67. The zero-order valence-electron chi connectivity index (χ0n) is 26.0. The van der Waals surface area contributed by atoms with Crippen LogP contribution < -0.4 is 0 Å². The fourth-order valence-corrected chi connectivity index (χ4v) is 18.5. The standard InChI is InChI=1S/C34H64Si/c1-19(2)25-15-27(21(5)6)29-13-23(9)33(31(29)17-25)35(11,12)34-24(10)14-30-28(22(7)8)16-26(20(3)4)18-32(30)34/h19-34H,13-18H2,1-12H3. The van der Waals surface area contributed by atoms with Gasteiger partial charge < -0.3 is 0 Å². The number of hydrogen-bond acceptors (Lipinski definition) is 0. The van der Waals surface area contributed by atoms with Crippen molar-refractivity contribution in [2.24, 2.45) is 82.9 Å². The molecule has 0 radical (unpaired) electrons. The van der Waals surface area contributed by atoms with Gasteiger partial charge in [0.05, 0.1) is 8.07 Å². The summed E-state index contributed by atoms with van der Waals surface area (Å²) in [4.78, 5) is 0. The molecule has 0 amide bonds. The molecule has 0 aromatic carbocycles. The third kappa shape index (κ3) is 5.01. The van der Waals surface area contributed by atoms with Crippen LogP contribution in [0.3, 0.4) is 0 Å². The van der Waals surface area contributed by atoms with Crippen molar-refractivity contribution in [2.45, 2.75) is 132 Å². The minimum absolute atomic E-state index is 0.866. The van der Waals surface area contributed by atoms with Gasteiger partial charge in [-0.05, 0) is 132 Å². The highest BCUT2D eigenvalue weighted by Crippen LogP contribution is 2.67. The average Bonchev–Trinajstić information content (AvgIpc) is 3.27. The second-order valence-electron chi connectivity index (χ2n) is 16.7. The molecule has 12 atom stereocenters.